The van der Waals surface area contributed by atoms with Gasteiger partial charge in [-0.05, 0) is 30.7 Å². The third-order valence-corrected chi connectivity index (χ3v) is 3.65. The molecule has 0 aromatic carbocycles. The van der Waals surface area contributed by atoms with E-state index in [1.165, 1.54) is 0 Å². The second-order valence-electron chi connectivity index (χ2n) is 4.96. The zero-order chi connectivity index (χ0) is 15.0. The van der Waals surface area contributed by atoms with E-state index in [0.29, 0.717) is 12.8 Å². The van der Waals surface area contributed by atoms with Gasteiger partial charge in [-0.1, -0.05) is 25.1 Å². The van der Waals surface area contributed by atoms with Crippen LogP contribution in [-0.2, 0) is 16.0 Å². The first kappa shape index (κ1) is 16.4. The molecular formula is C15H21NO3S. The molecule has 0 saturated carbocycles. The van der Waals surface area contributed by atoms with Gasteiger partial charge in [-0.2, -0.15) is 0 Å². The fourth-order valence-electron chi connectivity index (χ4n) is 1.81. The average Bonchev–Trinajstić information content (AvgIpc) is 2.80. The molecule has 1 unspecified atom stereocenters. The summed E-state index contributed by atoms with van der Waals surface area (Å²) in [5.41, 5.74) is 0. The summed E-state index contributed by atoms with van der Waals surface area (Å²) in [6, 6.07) is 3.93. The zero-order valence-corrected chi connectivity index (χ0v) is 12.7. The molecule has 0 aliphatic heterocycles. The summed E-state index contributed by atoms with van der Waals surface area (Å²) in [6.45, 7) is 3.81. The lowest BCUT2D eigenvalue weighted by Gasteiger charge is -2.11. The van der Waals surface area contributed by atoms with E-state index in [0.717, 1.165) is 4.88 Å². The summed E-state index contributed by atoms with van der Waals surface area (Å²) in [7, 11) is 0. The molecule has 0 radical (unpaired) electrons. The smallest absolute Gasteiger partial charge is 0.303 e. The minimum atomic E-state index is -0.792. The Bertz CT molecular complexity index is 454. The summed E-state index contributed by atoms with van der Waals surface area (Å²) >= 11 is 1.58. The predicted octanol–water partition coefficient (Wildman–Crippen LogP) is 2.85. The van der Waals surface area contributed by atoms with Crippen molar-refractivity contribution in [1.29, 1.82) is 0 Å². The molecule has 1 aromatic heterocycles. The molecule has 4 nitrogen and oxygen atoms in total. The molecule has 1 rings (SSSR count). The molecule has 1 amide bonds. The molecule has 2 atom stereocenters. The maximum Gasteiger partial charge on any atom is 0.303 e. The van der Waals surface area contributed by atoms with Crippen LogP contribution in [-0.4, -0.2) is 23.0 Å². The Labute approximate surface area is 123 Å². The van der Waals surface area contributed by atoms with Crippen LogP contribution >= 0.6 is 11.3 Å². The largest absolute Gasteiger partial charge is 0.481 e. The van der Waals surface area contributed by atoms with E-state index in [4.69, 9.17) is 5.11 Å². The molecule has 0 bridgehead atoms. The van der Waals surface area contributed by atoms with Crippen molar-refractivity contribution < 1.29 is 14.7 Å². The van der Waals surface area contributed by atoms with Crippen molar-refractivity contribution in [2.24, 2.45) is 5.92 Å². The molecule has 1 heterocycles. The minimum absolute atomic E-state index is 0.0153. The van der Waals surface area contributed by atoms with Gasteiger partial charge in [0.05, 0.1) is 12.8 Å². The molecule has 1 aromatic rings. The van der Waals surface area contributed by atoms with Crippen molar-refractivity contribution in [3.63, 3.8) is 0 Å². The molecule has 0 aliphatic rings. The van der Waals surface area contributed by atoms with Gasteiger partial charge in [0.1, 0.15) is 0 Å². The van der Waals surface area contributed by atoms with E-state index >= 15 is 0 Å². The number of carboxylic acids is 1. The number of hydrogen-bond donors (Lipinski definition) is 2. The van der Waals surface area contributed by atoms with Gasteiger partial charge in [0, 0.05) is 10.9 Å². The minimum Gasteiger partial charge on any atom is -0.481 e. The van der Waals surface area contributed by atoms with Crippen LogP contribution in [0.2, 0.25) is 0 Å². The van der Waals surface area contributed by atoms with E-state index < -0.39 is 5.97 Å². The highest BCUT2D eigenvalue weighted by atomic mass is 32.1. The Balaban J connectivity index is 2.25. The molecule has 2 N–H and O–H groups in total. The van der Waals surface area contributed by atoms with Crippen LogP contribution in [0.1, 0.15) is 31.6 Å². The third kappa shape index (κ3) is 7.09. The van der Waals surface area contributed by atoms with Crippen molar-refractivity contribution in [3.8, 4) is 0 Å². The highest BCUT2D eigenvalue weighted by molar-refractivity contribution is 7.10. The Morgan fingerprint density at radius 2 is 2.20 bits per heavy atom. The van der Waals surface area contributed by atoms with Crippen molar-refractivity contribution in [3.05, 3.63) is 34.5 Å². The molecule has 0 aliphatic carbocycles. The van der Waals surface area contributed by atoms with Gasteiger partial charge in [-0.25, -0.2) is 0 Å². The number of amides is 1. The van der Waals surface area contributed by atoms with Crippen LogP contribution < -0.4 is 5.32 Å². The quantitative estimate of drug-likeness (QED) is 0.725. The van der Waals surface area contributed by atoms with E-state index in [9.17, 15) is 9.59 Å². The van der Waals surface area contributed by atoms with Crippen molar-refractivity contribution in [2.45, 2.75) is 39.2 Å². The number of thiophene rings is 1. The van der Waals surface area contributed by atoms with Crippen molar-refractivity contribution >= 4 is 23.2 Å². The Morgan fingerprint density at radius 3 is 2.80 bits per heavy atom. The van der Waals surface area contributed by atoms with Gasteiger partial charge in [-0.15, -0.1) is 11.3 Å². The Morgan fingerprint density at radius 1 is 1.45 bits per heavy atom. The lowest BCUT2D eigenvalue weighted by molar-refractivity contribution is -0.137. The molecule has 110 valence electrons. The third-order valence-electron chi connectivity index (χ3n) is 2.77. The number of hydrogen-bond acceptors (Lipinski definition) is 3. The lowest BCUT2D eigenvalue weighted by Crippen LogP contribution is -2.33. The first-order valence-electron chi connectivity index (χ1n) is 6.67. The summed E-state index contributed by atoms with van der Waals surface area (Å²) < 4.78 is 0. The van der Waals surface area contributed by atoms with Gasteiger partial charge in [0.2, 0.25) is 5.91 Å². The van der Waals surface area contributed by atoms with Crippen LogP contribution in [0.15, 0.2) is 29.7 Å². The predicted molar refractivity (Wildman–Crippen MR) is 80.8 cm³/mol. The number of nitrogens with one attached hydrogen (secondary N) is 1. The second-order valence-corrected chi connectivity index (χ2v) is 6.00. The molecule has 0 fully saturated rings. The van der Waals surface area contributed by atoms with Crippen LogP contribution in [0.25, 0.3) is 0 Å². The van der Waals surface area contributed by atoms with Crippen LogP contribution in [0.5, 0.6) is 0 Å². The van der Waals surface area contributed by atoms with E-state index in [-0.39, 0.29) is 24.3 Å². The fourth-order valence-corrected chi connectivity index (χ4v) is 2.52. The normalized spacial score (nSPS) is 14.1. The summed E-state index contributed by atoms with van der Waals surface area (Å²) in [4.78, 5) is 23.3. The topological polar surface area (TPSA) is 66.4 Å². The van der Waals surface area contributed by atoms with Crippen LogP contribution in [0.3, 0.4) is 0 Å². The highest BCUT2D eigenvalue weighted by Gasteiger charge is 2.08. The number of aliphatic carboxylic acids is 1. The first-order valence-corrected chi connectivity index (χ1v) is 7.55. The van der Waals surface area contributed by atoms with Crippen LogP contribution in [0.4, 0.5) is 0 Å². The van der Waals surface area contributed by atoms with Gasteiger partial charge in [-0.3, -0.25) is 9.59 Å². The van der Waals surface area contributed by atoms with E-state index in [2.05, 4.69) is 5.32 Å². The fraction of sp³-hybridized carbons (Fsp3) is 0.467. The number of carbonyl (C=O) groups excluding carboxylic acids is 1. The van der Waals surface area contributed by atoms with Crippen LogP contribution in [0, 0.1) is 5.92 Å². The number of allylic oxidation sites excluding steroid dienone is 1. The standard InChI is InChI=1S/C15H21NO3S/c1-11(9-15(18)19)5-3-6-12(2)16-14(17)10-13-7-4-8-20-13/h3-5,7-8,11-12H,6,9-10H2,1-2H3,(H,16,17)(H,18,19)/b5-3-/t11?,12-/m1/s1. The second kappa shape index (κ2) is 8.53. The number of carboxylic acid groups (broad SMARTS) is 1. The van der Waals surface area contributed by atoms with Crippen molar-refractivity contribution in [1.82, 2.24) is 5.32 Å². The first-order chi connectivity index (χ1) is 9.47. The van der Waals surface area contributed by atoms with E-state index in [1.807, 2.05) is 43.5 Å². The van der Waals surface area contributed by atoms with Crippen molar-refractivity contribution in [2.75, 3.05) is 0 Å². The Kier molecular flexibility index (Phi) is 7.01. The molecule has 0 spiro atoms. The summed E-state index contributed by atoms with van der Waals surface area (Å²) in [5.74, 6) is -0.757. The molecular weight excluding hydrogens is 274 g/mol. The molecule has 5 heteroatoms. The van der Waals surface area contributed by atoms with Gasteiger partial charge in [0.25, 0.3) is 0 Å². The number of carbonyl (C=O) groups is 2. The SMILES string of the molecule is CC(/C=C\C[C@@H](C)NC(=O)Cc1cccs1)CC(=O)O. The average molecular weight is 295 g/mol. The number of rotatable bonds is 8. The monoisotopic (exact) mass is 295 g/mol. The molecule has 20 heavy (non-hydrogen) atoms. The summed E-state index contributed by atoms with van der Waals surface area (Å²) in [6.07, 6.45) is 5.08. The van der Waals surface area contributed by atoms with Gasteiger partial charge in [0.15, 0.2) is 0 Å². The highest BCUT2D eigenvalue weighted by Crippen LogP contribution is 2.09. The summed E-state index contributed by atoms with van der Waals surface area (Å²) in [5, 5.41) is 13.5. The van der Waals surface area contributed by atoms with E-state index in [1.54, 1.807) is 11.3 Å². The molecule has 0 saturated heterocycles. The maximum absolute atomic E-state index is 11.8. The Hall–Kier alpha value is -1.62. The van der Waals surface area contributed by atoms with Gasteiger partial charge >= 0.3 is 5.97 Å². The lowest BCUT2D eigenvalue weighted by atomic mass is 10.1. The van der Waals surface area contributed by atoms with Gasteiger partial charge < -0.3 is 10.4 Å². The zero-order valence-electron chi connectivity index (χ0n) is 11.8. The maximum atomic E-state index is 11.8.